The number of imidazole rings is 1. The van der Waals surface area contributed by atoms with Gasteiger partial charge in [-0.3, -0.25) is 0 Å². The molecule has 0 radical (unpaired) electrons. The van der Waals surface area contributed by atoms with Crippen LogP contribution in [-0.4, -0.2) is 31.3 Å². The van der Waals surface area contributed by atoms with Crippen LogP contribution in [0.2, 0.25) is 0 Å². The van der Waals surface area contributed by atoms with Gasteiger partial charge in [-0.1, -0.05) is 36.4 Å². The molecule has 0 fully saturated rings. The molecule has 2 aromatic carbocycles. The van der Waals surface area contributed by atoms with E-state index in [1.165, 1.54) is 24.3 Å². The minimum atomic E-state index is -0.603. The van der Waals surface area contributed by atoms with Gasteiger partial charge in [-0.05, 0) is 43.2 Å². The topological polar surface area (TPSA) is 84.7 Å². The minimum absolute atomic E-state index is 0.0767. The number of fused-ring (bicyclic) bond motifs is 5. The molecular weight excluding hydrogens is 452 g/mol. The molecular formula is C25H23F2N7O. The molecule has 0 aliphatic carbocycles. The number of benzene rings is 2. The zero-order chi connectivity index (χ0) is 24.3. The summed E-state index contributed by atoms with van der Waals surface area (Å²) in [6.07, 6.45) is 2.71. The van der Waals surface area contributed by atoms with E-state index in [1.54, 1.807) is 24.5 Å². The Morgan fingerprint density at radius 2 is 1.86 bits per heavy atom. The zero-order valence-corrected chi connectivity index (χ0v) is 19.5. The summed E-state index contributed by atoms with van der Waals surface area (Å²) >= 11 is 0. The van der Waals surface area contributed by atoms with Gasteiger partial charge >= 0.3 is 0 Å². The summed E-state index contributed by atoms with van der Waals surface area (Å²) in [4.78, 5) is 9.15. The van der Waals surface area contributed by atoms with Crippen LogP contribution in [0, 0.1) is 11.6 Å². The molecule has 2 aliphatic rings. The largest absolute Gasteiger partial charge is 0.339 e. The highest BCUT2D eigenvalue weighted by atomic mass is 19.1. The van der Waals surface area contributed by atoms with E-state index in [9.17, 15) is 8.78 Å². The number of halogens is 2. The normalized spacial score (nSPS) is 20.6. The molecule has 2 aromatic heterocycles. The Labute approximate surface area is 200 Å². The second kappa shape index (κ2) is 7.79. The SMILES string of the molecule is CC(C)c1nc(-c2ncn3c2CC2(C)C(Cc4ccc(F)cc4)N=NN2c2ccc(F)cc2-3)no1. The fourth-order valence-corrected chi connectivity index (χ4v) is 4.81. The van der Waals surface area contributed by atoms with Crippen LogP contribution in [0.4, 0.5) is 14.5 Å². The molecule has 4 aromatic rings. The molecule has 0 amide bonds. The average Bonchev–Trinajstić information content (AvgIpc) is 3.53. The molecule has 2 aliphatic heterocycles. The Hall–Kier alpha value is -3.95. The Morgan fingerprint density at radius 3 is 2.60 bits per heavy atom. The number of nitrogens with zero attached hydrogens (tertiary/aromatic N) is 7. The summed E-state index contributed by atoms with van der Waals surface area (Å²) in [6.45, 7) is 6.03. The van der Waals surface area contributed by atoms with Gasteiger partial charge in [-0.15, -0.1) is 0 Å². The van der Waals surface area contributed by atoms with E-state index >= 15 is 0 Å². The first kappa shape index (κ1) is 21.6. The van der Waals surface area contributed by atoms with Crippen LogP contribution >= 0.6 is 0 Å². The van der Waals surface area contributed by atoms with Gasteiger partial charge in [0.05, 0.1) is 22.6 Å². The molecule has 8 nitrogen and oxygen atoms in total. The van der Waals surface area contributed by atoms with Crippen molar-refractivity contribution in [1.82, 2.24) is 19.7 Å². The third kappa shape index (κ3) is 3.43. The van der Waals surface area contributed by atoms with E-state index in [0.717, 1.165) is 16.9 Å². The molecule has 6 rings (SSSR count). The summed E-state index contributed by atoms with van der Waals surface area (Å²) in [6, 6.07) is 10.8. The maximum absolute atomic E-state index is 14.4. The first-order chi connectivity index (χ1) is 16.8. The van der Waals surface area contributed by atoms with Crippen molar-refractivity contribution in [3.05, 3.63) is 77.6 Å². The summed E-state index contributed by atoms with van der Waals surface area (Å²) in [5, 5.41) is 15.2. The predicted molar refractivity (Wildman–Crippen MR) is 124 cm³/mol. The van der Waals surface area contributed by atoms with Crippen LogP contribution in [-0.2, 0) is 12.8 Å². The number of anilines is 1. The summed E-state index contributed by atoms with van der Waals surface area (Å²) in [5.74, 6) is 0.339. The fourth-order valence-electron chi connectivity index (χ4n) is 4.81. The van der Waals surface area contributed by atoms with Crippen LogP contribution in [0.5, 0.6) is 0 Å². The number of rotatable bonds is 4. The molecule has 2 atom stereocenters. The lowest BCUT2D eigenvalue weighted by atomic mass is 9.83. The van der Waals surface area contributed by atoms with Crippen molar-refractivity contribution in [3.63, 3.8) is 0 Å². The van der Waals surface area contributed by atoms with Gasteiger partial charge in [0.1, 0.15) is 29.7 Å². The van der Waals surface area contributed by atoms with Crippen molar-refractivity contribution < 1.29 is 13.3 Å². The maximum Gasteiger partial charge on any atom is 0.229 e. The average molecular weight is 476 g/mol. The lowest BCUT2D eigenvalue weighted by molar-refractivity contribution is 0.365. The Morgan fingerprint density at radius 1 is 1.09 bits per heavy atom. The number of hydrogen-bond donors (Lipinski definition) is 0. The van der Waals surface area contributed by atoms with Crippen molar-refractivity contribution >= 4 is 5.69 Å². The lowest BCUT2D eigenvalue weighted by Crippen LogP contribution is -2.50. The molecule has 0 spiro atoms. The molecule has 178 valence electrons. The van der Waals surface area contributed by atoms with Gasteiger partial charge in [0.25, 0.3) is 0 Å². The second-order valence-corrected chi connectivity index (χ2v) is 9.55. The van der Waals surface area contributed by atoms with E-state index in [0.29, 0.717) is 35.9 Å². The van der Waals surface area contributed by atoms with Gasteiger partial charge in [0, 0.05) is 18.4 Å². The van der Waals surface area contributed by atoms with Crippen LogP contribution < -0.4 is 5.01 Å². The first-order valence-corrected chi connectivity index (χ1v) is 11.5. The van der Waals surface area contributed by atoms with Crippen LogP contribution in [0.25, 0.3) is 17.2 Å². The smallest absolute Gasteiger partial charge is 0.229 e. The monoisotopic (exact) mass is 475 g/mol. The Balaban J connectivity index is 1.48. The van der Waals surface area contributed by atoms with Crippen LogP contribution in [0.1, 0.15) is 43.8 Å². The Bertz CT molecular complexity index is 1440. The molecule has 0 bridgehead atoms. The predicted octanol–water partition coefficient (Wildman–Crippen LogP) is 5.44. The molecule has 4 heterocycles. The highest BCUT2D eigenvalue weighted by molar-refractivity contribution is 5.69. The molecule has 0 N–H and O–H groups in total. The van der Waals surface area contributed by atoms with Crippen molar-refractivity contribution in [1.29, 1.82) is 0 Å². The van der Waals surface area contributed by atoms with Crippen molar-refractivity contribution in [3.8, 4) is 17.2 Å². The molecule has 10 heteroatoms. The number of aromatic nitrogens is 4. The van der Waals surface area contributed by atoms with E-state index in [-0.39, 0.29) is 23.6 Å². The van der Waals surface area contributed by atoms with Gasteiger partial charge in [0.15, 0.2) is 0 Å². The summed E-state index contributed by atoms with van der Waals surface area (Å²) in [5.41, 5.74) is 3.07. The van der Waals surface area contributed by atoms with E-state index in [4.69, 9.17) is 4.52 Å². The van der Waals surface area contributed by atoms with Gasteiger partial charge < -0.3 is 9.09 Å². The molecule has 35 heavy (non-hydrogen) atoms. The lowest BCUT2D eigenvalue weighted by Gasteiger charge is -2.35. The highest BCUT2D eigenvalue weighted by Gasteiger charge is 2.49. The van der Waals surface area contributed by atoms with Crippen LogP contribution in [0.3, 0.4) is 0 Å². The third-order valence-corrected chi connectivity index (χ3v) is 6.79. The number of hydrogen-bond acceptors (Lipinski definition) is 7. The first-order valence-electron chi connectivity index (χ1n) is 11.5. The summed E-state index contributed by atoms with van der Waals surface area (Å²) in [7, 11) is 0. The summed E-state index contributed by atoms with van der Waals surface area (Å²) < 4.78 is 35.2. The van der Waals surface area contributed by atoms with Gasteiger partial charge in [-0.25, -0.2) is 18.8 Å². The highest BCUT2D eigenvalue weighted by Crippen LogP contribution is 2.45. The maximum atomic E-state index is 14.4. The van der Waals surface area contributed by atoms with Gasteiger partial charge in [-0.2, -0.15) is 10.1 Å². The van der Waals surface area contributed by atoms with E-state index in [1.807, 2.05) is 23.4 Å². The second-order valence-electron chi connectivity index (χ2n) is 9.55. The zero-order valence-electron chi connectivity index (χ0n) is 19.5. The van der Waals surface area contributed by atoms with E-state index in [2.05, 4.69) is 32.4 Å². The van der Waals surface area contributed by atoms with Crippen molar-refractivity contribution in [2.24, 2.45) is 10.3 Å². The van der Waals surface area contributed by atoms with Gasteiger partial charge in [0.2, 0.25) is 11.7 Å². The van der Waals surface area contributed by atoms with Crippen molar-refractivity contribution in [2.45, 2.75) is 51.1 Å². The molecule has 0 saturated carbocycles. The Kier molecular flexibility index (Phi) is 4.80. The van der Waals surface area contributed by atoms with Crippen molar-refractivity contribution in [2.75, 3.05) is 5.01 Å². The molecule has 2 unspecified atom stereocenters. The van der Waals surface area contributed by atoms with Crippen LogP contribution in [0.15, 0.2) is 63.7 Å². The molecule has 0 saturated heterocycles. The fraction of sp³-hybridized carbons (Fsp3) is 0.320. The minimum Gasteiger partial charge on any atom is -0.339 e. The van der Waals surface area contributed by atoms with E-state index < -0.39 is 5.54 Å². The standard InChI is InChI=1S/C25H23F2N7O/c1-14(2)24-29-23(31-35-24)22-20-12-25(3)21(10-15-4-6-16(26)7-5-15)30-32-34(25)18-9-8-17(27)11-19(18)33(20)13-28-22/h4-9,11,13-14,21H,10,12H2,1-3H3. The third-order valence-electron chi connectivity index (χ3n) is 6.79. The quantitative estimate of drug-likeness (QED) is 0.393.